The zero-order valence-electron chi connectivity index (χ0n) is 12.1. The molecule has 0 unspecified atom stereocenters. The summed E-state index contributed by atoms with van der Waals surface area (Å²) in [6.07, 6.45) is 1.61. The molecule has 1 rings (SSSR count). The maximum atomic E-state index is 13.4. The second-order valence-electron chi connectivity index (χ2n) is 4.99. The topological polar surface area (TPSA) is 83.5 Å². The minimum Gasteiger partial charge on any atom is -0.480 e. The summed E-state index contributed by atoms with van der Waals surface area (Å²) in [6.45, 7) is 3.47. The van der Waals surface area contributed by atoms with Crippen molar-refractivity contribution in [3.05, 3.63) is 35.1 Å². The summed E-state index contributed by atoms with van der Waals surface area (Å²) in [5.74, 6) is -2.13. The summed E-state index contributed by atoms with van der Waals surface area (Å²) in [5.41, 5.74) is 0.709. The molecule has 21 heavy (non-hydrogen) atoms. The minimum atomic E-state index is -3.84. The summed E-state index contributed by atoms with van der Waals surface area (Å²) in [6, 6.07) is 3.01. The predicted molar refractivity (Wildman–Crippen MR) is 77.8 cm³/mol. The van der Waals surface area contributed by atoms with E-state index < -0.39 is 33.6 Å². The number of carboxylic acid groups (broad SMARTS) is 1. The van der Waals surface area contributed by atoms with Crippen molar-refractivity contribution in [3.8, 4) is 0 Å². The van der Waals surface area contributed by atoms with Crippen LogP contribution in [-0.4, -0.2) is 25.5 Å². The average molecular weight is 317 g/mol. The first kappa shape index (κ1) is 17.6. The molecule has 2 N–H and O–H groups in total. The Kier molecular flexibility index (Phi) is 6.29. The number of benzene rings is 1. The number of aryl methyl sites for hydroxylation is 1. The van der Waals surface area contributed by atoms with E-state index in [1.807, 2.05) is 6.92 Å². The second-order valence-corrected chi connectivity index (χ2v) is 6.75. The molecule has 0 amide bonds. The van der Waals surface area contributed by atoms with E-state index in [-0.39, 0.29) is 12.0 Å². The zero-order chi connectivity index (χ0) is 16.0. The number of hydrogen-bond acceptors (Lipinski definition) is 3. The molecule has 7 heteroatoms. The van der Waals surface area contributed by atoms with Gasteiger partial charge in [0.15, 0.2) is 0 Å². The van der Waals surface area contributed by atoms with Crippen LogP contribution in [0.2, 0.25) is 0 Å². The maximum absolute atomic E-state index is 13.4. The Morgan fingerprint density at radius 3 is 2.62 bits per heavy atom. The molecule has 0 radical (unpaired) electrons. The second kappa shape index (κ2) is 7.51. The van der Waals surface area contributed by atoms with Crippen LogP contribution in [0.1, 0.15) is 37.3 Å². The van der Waals surface area contributed by atoms with E-state index in [2.05, 4.69) is 4.72 Å². The lowest BCUT2D eigenvalue weighted by molar-refractivity contribution is -0.139. The number of carboxylic acids is 1. The van der Waals surface area contributed by atoms with Gasteiger partial charge < -0.3 is 5.11 Å². The fraction of sp³-hybridized carbons (Fsp3) is 0.500. The predicted octanol–water partition coefficient (Wildman–Crippen LogP) is 2.20. The van der Waals surface area contributed by atoms with Crippen molar-refractivity contribution in [1.82, 2.24) is 4.72 Å². The van der Waals surface area contributed by atoms with Gasteiger partial charge in [0.1, 0.15) is 11.9 Å². The Bertz CT molecular complexity index is 601. The van der Waals surface area contributed by atoms with Gasteiger partial charge in [-0.3, -0.25) is 4.79 Å². The Hall–Kier alpha value is -1.47. The Labute approximate surface area is 124 Å². The molecule has 0 aliphatic rings. The molecule has 1 aromatic carbocycles. The van der Waals surface area contributed by atoms with Crippen LogP contribution in [0.3, 0.4) is 0 Å². The van der Waals surface area contributed by atoms with Gasteiger partial charge in [0.2, 0.25) is 10.0 Å². The van der Waals surface area contributed by atoms with Crippen LogP contribution in [0, 0.1) is 12.7 Å². The normalized spacial score (nSPS) is 13.1. The van der Waals surface area contributed by atoms with E-state index in [1.165, 1.54) is 12.1 Å². The SMILES string of the molecule is CCCC[C@H](NS(=O)(=O)Cc1ccc(C)c(F)c1)C(=O)O. The van der Waals surface area contributed by atoms with Crippen LogP contribution in [-0.2, 0) is 20.6 Å². The first-order chi connectivity index (χ1) is 9.75. The molecular formula is C14H20FNO4S. The molecule has 0 aromatic heterocycles. The molecule has 0 aliphatic carbocycles. The maximum Gasteiger partial charge on any atom is 0.321 e. The molecule has 0 heterocycles. The lowest BCUT2D eigenvalue weighted by Crippen LogP contribution is -2.41. The summed E-state index contributed by atoms with van der Waals surface area (Å²) in [4.78, 5) is 11.0. The van der Waals surface area contributed by atoms with Gasteiger partial charge in [0.25, 0.3) is 0 Å². The van der Waals surface area contributed by atoms with Crippen molar-refractivity contribution >= 4 is 16.0 Å². The molecule has 5 nitrogen and oxygen atoms in total. The van der Waals surface area contributed by atoms with E-state index >= 15 is 0 Å². The van der Waals surface area contributed by atoms with Gasteiger partial charge in [-0.2, -0.15) is 0 Å². The van der Waals surface area contributed by atoms with Crippen molar-refractivity contribution in [3.63, 3.8) is 0 Å². The minimum absolute atomic E-state index is 0.229. The largest absolute Gasteiger partial charge is 0.480 e. The zero-order valence-corrected chi connectivity index (χ0v) is 12.9. The number of aliphatic carboxylic acids is 1. The standard InChI is InChI=1S/C14H20FNO4S/c1-3-4-5-13(14(17)18)16-21(19,20)9-11-7-6-10(2)12(15)8-11/h6-8,13,16H,3-5,9H2,1-2H3,(H,17,18)/t13-/m0/s1. The molecule has 0 bridgehead atoms. The van der Waals surface area contributed by atoms with E-state index in [4.69, 9.17) is 5.11 Å². The Balaban J connectivity index is 2.79. The number of unbranched alkanes of at least 4 members (excludes halogenated alkanes) is 1. The molecule has 0 saturated heterocycles. The highest BCUT2D eigenvalue weighted by Gasteiger charge is 2.23. The van der Waals surface area contributed by atoms with Gasteiger partial charge in [0.05, 0.1) is 5.75 Å². The molecule has 1 atom stereocenters. The molecule has 0 spiro atoms. The third-order valence-electron chi connectivity index (χ3n) is 3.06. The van der Waals surface area contributed by atoms with Gasteiger partial charge in [-0.05, 0) is 30.5 Å². The van der Waals surface area contributed by atoms with Gasteiger partial charge in [0, 0.05) is 0 Å². The van der Waals surface area contributed by atoms with Crippen LogP contribution >= 0.6 is 0 Å². The third kappa shape index (κ3) is 5.81. The van der Waals surface area contributed by atoms with E-state index in [0.29, 0.717) is 12.0 Å². The number of hydrogen-bond donors (Lipinski definition) is 2. The fourth-order valence-corrected chi connectivity index (χ4v) is 3.20. The highest BCUT2D eigenvalue weighted by molar-refractivity contribution is 7.88. The number of rotatable bonds is 8. The molecule has 0 saturated carbocycles. The van der Waals surface area contributed by atoms with Crippen molar-refractivity contribution in [1.29, 1.82) is 0 Å². The van der Waals surface area contributed by atoms with Crippen LogP contribution in [0.25, 0.3) is 0 Å². The molecule has 0 aliphatic heterocycles. The lowest BCUT2D eigenvalue weighted by atomic mass is 10.1. The first-order valence-electron chi connectivity index (χ1n) is 6.73. The number of halogens is 1. The van der Waals surface area contributed by atoms with Crippen LogP contribution in [0.4, 0.5) is 4.39 Å². The molecular weight excluding hydrogens is 297 g/mol. The van der Waals surface area contributed by atoms with Crippen LogP contribution < -0.4 is 4.72 Å². The van der Waals surface area contributed by atoms with Crippen molar-refractivity contribution < 1.29 is 22.7 Å². The average Bonchev–Trinajstić information content (AvgIpc) is 2.38. The van der Waals surface area contributed by atoms with Gasteiger partial charge >= 0.3 is 5.97 Å². The van der Waals surface area contributed by atoms with Gasteiger partial charge in [-0.1, -0.05) is 31.9 Å². The summed E-state index contributed by atoms with van der Waals surface area (Å²) in [7, 11) is -3.84. The summed E-state index contributed by atoms with van der Waals surface area (Å²) < 4.78 is 39.5. The van der Waals surface area contributed by atoms with E-state index in [9.17, 15) is 17.6 Å². The summed E-state index contributed by atoms with van der Waals surface area (Å²) in [5, 5.41) is 9.02. The molecule has 1 aromatic rings. The van der Waals surface area contributed by atoms with Crippen molar-refractivity contribution in [2.45, 2.75) is 44.9 Å². The van der Waals surface area contributed by atoms with Crippen molar-refractivity contribution in [2.24, 2.45) is 0 Å². The van der Waals surface area contributed by atoms with Crippen LogP contribution in [0.15, 0.2) is 18.2 Å². The number of carbonyl (C=O) groups is 1. The highest BCUT2D eigenvalue weighted by atomic mass is 32.2. The Morgan fingerprint density at radius 2 is 2.10 bits per heavy atom. The lowest BCUT2D eigenvalue weighted by Gasteiger charge is -2.14. The third-order valence-corrected chi connectivity index (χ3v) is 4.42. The smallest absolute Gasteiger partial charge is 0.321 e. The van der Waals surface area contributed by atoms with E-state index in [1.54, 1.807) is 6.92 Å². The quantitative estimate of drug-likeness (QED) is 0.770. The molecule has 0 fully saturated rings. The van der Waals surface area contributed by atoms with E-state index in [0.717, 1.165) is 12.5 Å². The number of nitrogens with one attached hydrogen (secondary N) is 1. The highest BCUT2D eigenvalue weighted by Crippen LogP contribution is 2.12. The van der Waals surface area contributed by atoms with Gasteiger partial charge in [-0.25, -0.2) is 17.5 Å². The van der Waals surface area contributed by atoms with Gasteiger partial charge in [-0.15, -0.1) is 0 Å². The fourth-order valence-electron chi connectivity index (χ4n) is 1.85. The first-order valence-corrected chi connectivity index (χ1v) is 8.38. The number of sulfonamides is 1. The molecule has 118 valence electrons. The van der Waals surface area contributed by atoms with Crippen molar-refractivity contribution in [2.75, 3.05) is 0 Å². The Morgan fingerprint density at radius 1 is 1.43 bits per heavy atom. The summed E-state index contributed by atoms with van der Waals surface area (Å²) >= 11 is 0. The monoisotopic (exact) mass is 317 g/mol. The van der Waals surface area contributed by atoms with Crippen LogP contribution in [0.5, 0.6) is 0 Å².